The van der Waals surface area contributed by atoms with E-state index in [0.717, 1.165) is 6.42 Å². The van der Waals surface area contributed by atoms with Crippen LogP contribution >= 0.6 is 0 Å². The van der Waals surface area contributed by atoms with Crippen LogP contribution in [0.15, 0.2) is 0 Å². The Labute approximate surface area is 74.0 Å². The van der Waals surface area contributed by atoms with Crippen LogP contribution in [0.3, 0.4) is 0 Å². The van der Waals surface area contributed by atoms with Crippen molar-refractivity contribution in [2.75, 3.05) is 0 Å². The molecule has 0 aromatic rings. The van der Waals surface area contributed by atoms with Gasteiger partial charge < -0.3 is 4.74 Å². The van der Waals surface area contributed by atoms with Gasteiger partial charge in [0.2, 0.25) is 0 Å². The molecular formula is C7H12F3NO2. The minimum atomic E-state index is -4.95. The summed E-state index contributed by atoms with van der Waals surface area (Å²) < 4.78 is 38.7. The number of ether oxygens (including phenoxy) is 1. The Morgan fingerprint density at radius 1 is 1.54 bits per heavy atom. The number of nitrogens with two attached hydrogens (primary N) is 1. The summed E-state index contributed by atoms with van der Waals surface area (Å²) in [5.74, 6) is -2.23. The molecule has 78 valence electrons. The number of hydrogen-bond acceptors (Lipinski definition) is 3. The lowest BCUT2D eigenvalue weighted by Gasteiger charge is -2.13. The van der Waals surface area contributed by atoms with Gasteiger partial charge in [0, 0.05) is 0 Å². The van der Waals surface area contributed by atoms with Crippen molar-refractivity contribution in [1.29, 1.82) is 0 Å². The molecule has 0 radical (unpaired) electrons. The molecule has 13 heavy (non-hydrogen) atoms. The largest absolute Gasteiger partial charge is 0.490 e. The molecule has 0 heterocycles. The SMILES string of the molecule is CCCCC(N)OC(=O)C(F)(F)F. The van der Waals surface area contributed by atoms with Gasteiger partial charge in [0.05, 0.1) is 0 Å². The lowest BCUT2D eigenvalue weighted by molar-refractivity contribution is -0.204. The maximum Gasteiger partial charge on any atom is 0.490 e. The molecule has 0 aliphatic carbocycles. The van der Waals surface area contributed by atoms with Gasteiger partial charge in [-0.25, -0.2) is 4.79 Å². The highest BCUT2D eigenvalue weighted by atomic mass is 19.4. The van der Waals surface area contributed by atoms with Crippen LogP contribution in [0, 0.1) is 0 Å². The van der Waals surface area contributed by atoms with Crippen molar-refractivity contribution in [3.63, 3.8) is 0 Å². The summed E-state index contributed by atoms with van der Waals surface area (Å²) >= 11 is 0. The van der Waals surface area contributed by atoms with Crippen LogP contribution in [0.25, 0.3) is 0 Å². The van der Waals surface area contributed by atoms with E-state index in [-0.39, 0.29) is 6.42 Å². The molecule has 0 spiro atoms. The second-order valence-corrected chi connectivity index (χ2v) is 2.58. The Morgan fingerprint density at radius 2 is 2.08 bits per heavy atom. The second-order valence-electron chi connectivity index (χ2n) is 2.58. The zero-order chi connectivity index (χ0) is 10.5. The first-order valence-electron chi connectivity index (χ1n) is 3.91. The molecule has 0 aromatic heterocycles. The van der Waals surface area contributed by atoms with Crippen molar-refractivity contribution in [3.8, 4) is 0 Å². The van der Waals surface area contributed by atoms with Crippen molar-refractivity contribution in [2.24, 2.45) is 5.73 Å². The van der Waals surface area contributed by atoms with Crippen molar-refractivity contribution in [2.45, 2.75) is 38.6 Å². The zero-order valence-electron chi connectivity index (χ0n) is 7.23. The van der Waals surface area contributed by atoms with Gasteiger partial charge in [-0.1, -0.05) is 13.3 Å². The lowest BCUT2D eigenvalue weighted by Crippen LogP contribution is -2.34. The Balaban J connectivity index is 3.79. The quantitative estimate of drug-likeness (QED) is 0.552. The molecule has 3 nitrogen and oxygen atoms in total. The fourth-order valence-electron chi connectivity index (χ4n) is 0.669. The molecule has 0 aliphatic rings. The molecular weight excluding hydrogens is 187 g/mol. The van der Waals surface area contributed by atoms with Crippen LogP contribution in [-0.4, -0.2) is 18.4 Å². The fourth-order valence-corrected chi connectivity index (χ4v) is 0.669. The van der Waals surface area contributed by atoms with Gasteiger partial charge in [0.25, 0.3) is 0 Å². The molecule has 1 atom stereocenters. The van der Waals surface area contributed by atoms with E-state index in [4.69, 9.17) is 5.73 Å². The molecule has 2 N–H and O–H groups in total. The molecule has 6 heteroatoms. The number of hydrogen-bond donors (Lipinski definition) is 1. The highest BCUT2D eigenvalue weighted by molar-refractivity contribution is 5.75. The van der Waals surface area contributed by atoms with E-state index < -0.39 is 18.4 Å². The molecule has 0 fully saturated rings. The van der Waals surface area contributed by atoms with E-state index in [1.54, 1.807) is 0 Å². The molecule has 0 rings (SSSR count). The standard InChI is InChI=1S/C7H12F3NO2/c1-2-3-4-5(11)13-6(12)7(8,9)10/h5H,2-4,11H2,1H3. The van der Waals surface area contributed by atoms with E-state index in [1.165, 1.54) is 0 Å². The molecule has 0 aromatic carbocycles. The van der Waals surface area contributed by atoms with E-state index in [9.17, 15) is 18.0 Å². The Bertz CT molecular complexity index is 170. The van der Waals surface area contributed by atoms with Crippen molar-refractivity contribution in [3.05, 3.63) is 0 Å². The average Bonchev–Trinajstić information content (AvgIpc) is 1.99. The Morgan fingerprint density at radius 3 is 2.46 bits per heavy atom. The van der Waals surface area contributed by atoms with Gasteiger partial charge in [-0.2, -0.15) is 13.2 Å². The molecule has 0 bridgehead atoms. The third kappa shape index (κ3) is 5.46. The van der Waals surface area contributed by atoms with Crippen LogP contribution in [0.5, 0.6) is 0 Å². The van der Waals surface area contributed by atoms with Crippen molar-refractivity contribution >= 4 is 5.97 Å². The van der Waals surface area contributed by atoms with Crippen molar-refractivity contribution in [1.82, 2.24) is 0 Å². The zero-order valence-corrected chi connectivity index (χ0v) is 7.23. The number of carbonyl (C=O) groups is 1. The van der Waals surface area contributed by atoms with Gasteiger partial charge in [-0.15, -0.1) is 0 Å². The Hall–Kier alpha value is -0.780. The van der Waals surface area contributed by atoms with E-state index in [1.807, 2.05) is 6.92 Å². The Kier molecular flexibility index (Phi) is 4.76. The first-order valence-corrected chi connectivity index (χ1v) is 3.91. The summed E-state index contributed by atoms with van der Waals surface area (Å²) in [6.45, 7) is 1.86. The third-order valence-corrected chi connectivity index (χ3v) is 1.33. The first-order chi connectivity index (χ1) is 5.88. The summed E-state index contributed by atoms with van der Waals surface area (Å²) in [6, 6.07) is 0. The minimum absolute atomic E-state index is 0.248. The van der Waals surface area contributed by atoms with Crippen LogP contribution in [0.4, 0.5) is 13.2 Å². The lowest BCUT2D eigenvalue weighted by atomic mass is 10.2. The number of esters is 1. The summed E-state index contributed by atoms with van der Waals surface area (Å²) in [5, 5.41) is 0. The van der Waals surface area contributed by atoms with Crippen LogP contribution < -0.4 is 5.73 Å². The van der Waals surface area contributed by atoms with Crippen molar-refractivity contribution < 1.29 is 22.7 Å². The average molecular weight is 199 g/mol. The molecule has 1 unspecified atom stereocenters. The fraction of sp³-hybridized carbons (Fsp3) is 0.857. The number of halogens is 3. The van der Waals surface area contributed by atoms with E-state index in [2.05, 4.69) is 4.74 Å². The first kappa shape index (κ1) is 12.2. The van der Waals surface area contributed by atoms with Crippen LogP contribution in [0.2, 0.25) is 0 Å². The molecule has 0 saturated heterocycles. The van der Waals surface area contributed by atoms with Gasteiger partial charge in [-0.05, 0) is 12.8 Å². The summed E-state index contributed by atoms with van der Waals surface area (Å²) in [6.07, 6.45) is -4.44. The topological polar surface area (TPSA) is 52.3 Å². The summed E-state index contributed by atoms with van der Waals surface area (Å²) in [5.41, 5.74) is 5.11. The molecule has 0 saturated carbocycles. The molecule has 0 aliphatic heterocycles. The highest BCUT2D eigenvalue weighted by Gasteiger charge is 2.41. The molecule has 0 amide bonds. The predicted octanol–water partition coefficient (Wildman–Crippen LogP) is 1.57. The minimum Gasteiger partial charge on any atom is -0.440 e. The number of alkyl halides is 3. The summed E-state index contributed by atoms with van der Waals surface area (Å²) in [4.78, 5) is 10.2. The van der Waals surface area contributed by atoms with E-state index in [0.29, 0.717) is 6.42 Å². The number of carbonyl (C=O) groups excluding carboxylic acids is 1. The smallest absolute Gasteiger partial charge is 0.440 e. The van der Waals surface area contributed by atoms with Gasteiger partial charge in [0.1, 0.15) is 0 Å². The second kappa shape index (κ2) is 5.06. The highest BCUT2D eigenvalue weighted by Crippen LogP contribution is 2.17. The van der Waals surface area contributed by atoms with Gasteiger partial charge >= 0.3 is 12.1 Å². The number of unbranched alkanes of at least 4 members (excludes halogenated alkanes) is 1. The number of rotatable bonds is 4. The predicted molar refractivity (Wildman–Crippen MR) is 39.6 cm³/mol. The summed E-state index contributed by atoms with van der Waals surface area (Å²) in [7, 11) is 0. The van der Waals surface area contributed by atoms with Gasteiger partial charge in [0.15, 0.2) is 6.23 Å². The van der Waals surface area contributed by atoms with Gasteiger partial charge in [-0.3, -0.25) is 5.73 Å². The third-order valence-electron chi connectivity index (χ3n) is 1.33. The normalized spacial score (nSPS) is 13.9. The maximum absolute atomic E-state index is 11.6. The van der Waals surface area contributed by atoms with Crippen LogP contribution in [0.1, 0.15) is 26.2 Å². The van der Waals surface area contributed by atoms with Crippen LogP contribution in [-0.2, 0) is 9.53 Å². The monoisotopic (exact) mass is 199 g/mol. The van der Waals surface area contributed by atoms with E-state index >= 15 is 0 Å². The maximum atomic E-state index is 11.6.